The topological polar surface area (TPSA) is 168 Å². The van der Waals surface area contributed by atoms with Gasteiger partial charge in [-0.3, -0.25) is 18.2 Å². The van der Waals surface area contributed by atoms with Crippen molar-refractivity contribution in [2.45, 2.75) is 6.92 Å². The molecular weight excluding hydrogens is 439 g/mol. The molecule has 0 atom stereocenters. The van der Waals surface area contributed by atoms with Gasteiger partial charge in [0.05, 0.1) is 24.1 Å². The van der Waals surface area contributed by atoms with Crippen LogP contribution in [-0.4, -0.2) is 40.7 Å². The fourth-order valence-corrected chi connectivity index (χ4v) is 1.79. The monoisotopic (exact) mass is 452 g/mol. The number of aliphatic hydroxyl groups is 1. The summed E-state index contributed by atoms with van der Waals surface area (Å²) in [6, 6.07) is 3.49. The Morgan fingerprint density at radius 2 is 2.04 bits per heavy atom. The maximum atomic E-state index is 12.0. The Morgan fingerprint density at radius 1 is 1.42 bits per heavy atom. The minimum Gasteiger partial charge on any atom is -0.759 e. The Morgan fingerprint density at radius 3 is 2.58 bits per heavy atom. The van der Waals surface area contributed by atoms with Crippen LogP contribution >= 0.6 is 11.6 Å². The molecule has 13 heteroatoms. The van der Waals surface area contributed by atoms with E-state index in [2.05, 4.69) is 20.8 Å². The molecule has 0 radical (unpaired) electrons. The van der Waals surface area contributed by atoms with E-state index in [0.717, 1.165) is 0 Å². The summed E-state index contributed by atoms with van der Waals surface area (Å²) >= 11 is 5.96. The standard InChI is InChI=1S/C13H13ClN4O2.Cu.H2O4S/c1-8-12(20)10(9(7-19)5-16-8)6-17-18-13-11(14)3-2-4-15-13;;1-5(2,3)4/h2-6,17,19H,7H2,1H3,(H,15,18);;(H2,1,2,3,4)/q;+1;/p-1/b10-6-;;. The average Bonchev–Trinajstić information content (AvgIpc) is 2.52. The molecule has 10 nitrogen and oxygen atoms in total. The maximum Gasteiger partial charge on any atom is 1.00 e. The summed E-state index contributed by atoms with van der Waals surface area (Å²) < 4.78 is 34.1. The molecule has 26 heavy (non-hydrogen) atoms. The van der Waals surface area contributed by atoms with E-state index in [4.69, 9.17) is 29.1 Å². The average molecular weight is 453 g/mol. The summed E-state index contributed by atoms with van der Waals surface area (Å²) in [7, 11) is -5.17. The number of H-pyrrole nitrogens is 1. The number of anilines is 1. The van der Waals surface area contributed by atoms with E-state index in [9.17, 15) is 9.90 Å². The second-order valence-electron chi connectivity index (χ2n) is 4.48. The number of Topliss-reactive ketones (excluding diaryl/α,β-unsaturated/α-hetero) is 1. The van der Waals surface area contributed by atoms with Gasteiger partial charge in [0.25, 0.3) is 0 Å². The Kier molecular flexibility index (Phi) is 10.3. The SMILES string of the molecule is CC1=NC=C(CO)/C(=C/NNc2[nH+]cccc2Cl)C1=O.O=S(=O)([O-])[O-].[Cu+]. The zero-order valence-corrected chi connectivity index (χ0v) is 15.6. The van der Waals surface area contributed by atoms with Crippen molar-refractivity contribution >= 4 is 39.3 Å². The van der Waals surface area contributed by atoms with Crippen LogP contribution in [0, 0.1) is 0 Å². The van der Waals surface area contributed by atoms with E-state index in [1.54, 1.807) is 25.3 Å². The number of aromatic nitrogens is 1. The first kappa shape index (κ1) is 24.2. The number of hydrogen-bond donors (Lipinski definition) is 3. The second kappa shape index (κ2) is 11.0. The predicted octanol–water partition coefficient (Wildman–Crippen LogP) is -0.466. The van der Waals surface area contributed by atoms with Gasteiger partial charge in [0.2, 0.25) is 5.78 Å². The van der Waals surface area contributed by atoms with E-state index in [1.165, 1.54) is 12.4 Å². The maximum absolute atomic E-state index is 12.0. The van der Waals surface area contributed by atoms with Crippen molar-refractivity contribution in [3.8, 4) is 0 Å². The molecule has 2 rings (SSSR count). The van der Waals surface area contributed by atoms with Crippen molar-refractivity contribution < 1.29 is 49.5 Å². The van der Waals surface area contributed by atoms with Gasteiger partial charge in [0, 0.05) is 28.4 Å². The second-order valence-corrected chi connectivity index (χ2v) is 5.71. The van der Waals surface area contributed by atoms with E-state index in [1.807, 2.05) is 0 Å². The quantitative estimate of drug-likeness (QED) is 0.181. The van der Waals surface area contributed by atoms with Crippen LogP contribution in [0.15, 0.2) is 46.9 Å². The molecule has 0 saturated carbocycles. The normalized spacial score (nSPS) is 15.1. The number of halogens is 1. The first-order chi connectivity index (χ1) is 11.6. The van der Waals surface area contributed by atoms with Gasteiger partial charge < -0.3 is 14.2 Å². The third kappa shape index (κ3) is 8.54. The number of aromatic amines is 1. The molecule has 0 saturated heterocycles. The van der Waals surface area contributed by atoms with Crippen molar-refractivity contribution in [2.24, 2.45) is 4.99 Å². The number of hydrogen-bond acceptors (Lipinski definition) is 9. The van der Waals surface area contributed by atoms with Gasteiger partial charge in [-0.2, -0.15) is 5.43 Å². The number of aliphatic imine (C=N–C) groups is 1. The van der Waals surface area contributed by atoms with E-state index >= 15 is 0 Å². The molecule has 1 aromatic rings. The number of carbonyl (C=O) groups excluding carboxylic acids is 1. The van der Waals surface area contributed by atoms with Gasteiger partial charge in [-0.25, -0.2) is 10.4 Å². The molecule has 0 bridgehead atoms. The summed E-state index contributed by atoms with van der Waals surface area (Å²) in [5, 5.41) is 9.72. The van der Waals surface area contributed by atoms with E-state index < -0.39 is 10.4 Å². The zero-order valence-electron chi connectivity index (χ0n) is 13.1. The Bertz CT molecular complexity index is 833. The van der Waals surface area contributed by atoms with Gasteiger partial charge in [-0.1, -0.05) is 11.6 Å². The first-order valence-corrected chi connectivity index (χ1v) is 8.28. The molecule has 0 aromatic carbocycles. The fourth-order valence-electron chi connectivity index (χ4n) is 1.62. The first-order valence-electron chi connectivity index (χ1n) is 6.57. The molecule has 1 aliphatic rings. The van der Waals surface area contributed by atoms with Crippen molar-refractivity contribution in [1.29, 1.82) is 0 Å². The number of aliphatic hydroxyl groups excluding tert-OH is 1. The summed E-state index contributed by atoms with van der Waals surface area (Å²) in [5.41, 5.74) is 6.79. The van der Waals surface area contributed by atoms with Crippen LogP contribution in [0.2, 0.25) is 5.02 Å². The van der Waals surface area contributed by atoms with Crippen molar-refractivity contribution in [2.75, 3.05) is 12.0 Å². The smallest absolute Gasteiger partial charge is 0.759 e. The molecule has 0 fully saturated rings. The van der Waals surface area contributed by atoms with Crippen molar-refractivity contribution in [3.05, 3.63) is 46.9 Å². The summed E-state index contributed by atoms with van der Waals surface area (Å²) in [4.78, 5) is 18.8. The van der Waals surface area contributed by atoms with Crippen LogP contribution in [0.3, 0.4) is 0 Å². The number of nitrogens with zero attached hydrogens (tertiary/aromatic N) is 1. The van der Waals surface area contributed by atoms with Crippen LogP contribution in [0.25, 0.3) is 0 Å². The Balaban J connectivity index is 0.000000923. The van der Waals surface area contributed by atoms with E-state index in [0.29, 0.717) is 27.7 Å². The fraction of sp³-hybridized carbons (Fsp3) is 0.154. The number of rotatable bonds is 4. The third-order valence-electron chi connectivity index (χ3n) is 2.72. The summed E-state index contributed by atoms with van der Waals surface area (Å²) in [6.07, 6.45) is 4.66. The van der Waals surface area contributed by atoms with Crippen LogP contribution in [-0.2, 0) is 32.3 Å². The minimum absolute atomic E-state index is 0. The van der Waals surface area contributed by atoms with Gasteiger partial charge in [-0.15, -0.1) is 0 Å². The number of nitrogens with one attached hydrogen (secondary N) is 3. The van der Waals surface area contributed by atoms with Crippen LogP contribution < -0.4 is 15.8 Å². The van der Waals surface area contributed by atoms with Gasteiger partial charge >= 0.3 is 22.9 Å². The number of hydrazine groups is 1. The minimum atomic E-state index is -5.17. The number of pyridine rings is 1. The molecule has 0 amide bonds. The predicted molar refractivity (Wildman–Crippen MR) is 86.6 cm³/mol. The number of carbonyl (C=O) groups is 1. The van der Waals surface area contributed by atoms with Gasteiger partial charge in [0.15, 0.2) is 0 Å². The molecular formula is C13H14ClCuN4O6S. The molecule has 4 N–H and O–H groups in total. The Hall–Kier alpha value is -1.79. The molecule has 0 aliphatic carbocycles. The van der Waals surface area contributed by atoms with Crippen molar-refractivity contribution in [3.63, 3.8) is 0 Å². The molecule has 1 aromatic heterocycles. The van der Waals surface area contributed by atoms with Crippen molar-refractivity contribution in [1.82, 2.24) is 5.43 Å². The summed E-state index contributed by atoms with van der Waals surface area (Å²) in [5.74, 6) is 0.336. The zero-order chi connectivity index (χ0) is 19.0. The molecule has 1 aliphatic heterocycles. The molecule has 0 spiro atoms. The molecule has 2 heterocycles. The summed E-state index contributed by atoms with van der Waals surface area (Å²) in [6.45, 7) is 1.37. The molecule has 146 valence electrons. The van der Waals surface area contributed by atoms with Gasteiger partial charge in [0.1, 0.15) is 5.02 Å². The van der Waals surface area contributed by atoms with Crippen LogP contribution in [0.1, 0.15) is 6.92 Å². The van der Waals surface area contributed by atoms with Crippen LogP contribution in [0.5, 0.6) is 0 Å². The van der Waals surface area contributed by atoms with Gasteiger partial charge in [-0.05, 0) is 19.1 Å². The van der Waals surface area contributed by atoms with E-state index in [-0.39, 0.29) is 29.5 Å². The Labute approximate surface area is 165 Å². The third-order valence-corrected chi connectivity index (χ3v) is 3.04. The largest absolute Gasteiger partial charge is 1.00 e. The number of ketones is 1. The molecule has 0 unspecified atom stereocenters. The van der Waals surface area contributed by atoms with Crippen LogP contribution in [0.4, 0.5) is 5.82 Å².